The molecule has 4 heteroatoms. The van der Waals surface area contributed by atoms with Crippen LogP contribution in [0, 0.1) is 0 Å². The van der Waals surface area contributed by atoms with Crippen LogP contribution < -0.4 is 5.73 Å². The van der Waals surface area contributed by atoms with E-state index in [0.29, 0.717) is 17.7 Å². The molecule has 0 radical (unpaired) electrons. The molecule has 0 unspecified atom stereocenters. The van der Waals surface area contributed by atoms with Crippen molar-refractivity contribution >= 4 is 11.7 Å². The van der Waals surface area contributed by atoms with Gasteiger partial charge in [0.2, 0.25) is 0 Å². The number of aryl methyl sites for hydroxylation is 1. The summed E-state index contributed by atoms with van der Waals surface area (Å²) in [6.07, 6.45) is 0.653. The summed E-state index contributed by atoms with van der Waals surface area (Å²) >= 11 is 0. The zero-order valence-corrected chi connectivity index (χ0v) is 10.5. The lowest BCUT2D eigenvalue weighted by atomic mass is 10.1. The van der Waals surface area contributed by atoms with Crippen LogP contribution in [0.1, 0.15) is 32.8 Å². The van der Waals surface area contributed by atoms with Crippen molar-refractivity contribution in [2.24, 2.45) is 0 Å². The van der Waals surface area contributed by atoms with Crippen LogP contribution in [0.2, 0.25) is 0 Å². The minimum Gasteiger partial charge on any atom is -0.508 e. The molecule has 1 rings (SSSR count). The lowest BCUT2D eigenvalue weighted by molar-refractivity contribution is -0.154. The summed E-state index contributed by atoms with van der Waals surface area (Å²) in [5.41, 5.74) is 6.37. The topological polar surface area (TPSA) is 72.5 Å². The van der Waals surface area contributed by atoms with Gasteiger partial charge < -0.3 is 15.6 Å². The smallest absolute Gasteiger partial charge is 0.306 e. The molecule has 1 aromatic carbocycles. The third-order valence-electron chi connectivity index (χ3n) is 2.12. The van der Waals surface area contributed by atoms with E-state index in [-0.39, 0.29) is 18.1 Å². The van der Waals surface area contributed by atoms with Gasteiger partial charge in [0, 0.05) is 12.1 Å². The molecule has 0 aliphatic rings. The molecule has 0 fully saturated rings. The van der Waals surface area contributed by atoms with Crippen LogP contribution in [-0.4, -0.2) is 16.7 Å². The monoisotopic (exact) mass is 237 g/mol. The highest BCUT2D eigenvalue weighted by atomic mass is 16.6. The maximum absolute atomic E-state index is 11.5. The van der Waals surface area contributed by atoms with Gasteiger partial charge in [-0.3, -0.25) is 4.79 Å². The number of nitrogen functional groups attached to an aromatic ring is 1. The summed E-state index contributed by atoms with van der Waals surface area (Å²) in [4.78, 5) is 11.5. The van der Waals surface area contributed by atoms with Gasteiger partial charge in [0.15, 0.2) is 0 Å². The Hall–Kier alpha value is -1.71. The van der Waals surface area contributed by atoms with Crippen molar-refractivity contribution in [3.8, 4) is 5.75 Å². The summed E-state index contributed by atoms with van der Waals surface area (Å²) in [6, 6.07) is 4.81. The molecule has 1 aromatic rings. The normalized spacial score (nSPS) is 11.2. The second-order valence-corrected chi connectivity index (χ2v) is 4.97. The molecule has 0 aliphatic heterocycles. The number of carbonyl (C=O) groups is 1. The summed E-state index contributed by atoms with van der Waals surface area (Å²) in [6.45, 7) is 5.47. The number of aromatic hydroxyl groups is 1. The van der Waals surface area contributed by atoms with Crippen LogP contribution >= 0.6 is 0 Å². The third-order valence-corrected chi connectivity index (χ3v) is 2.12. The maximum Gasteiger partial charge on any atom is 0.306 e. The van der Waals surface area contributed by atoms with E-state index in [9.17, 15) is 9.90 Å². The van der Waals surface area contributed by atoms with Crippen molar-refractivity contribution in [2.75, 3.05) is 5.73 Å². The van der Waals surface area contributed by atoms with Crippen LogP contribution in [-0.2, 0) is 16.0 Å². The molecule has 0 aromatic heterocycles. The molecular formula is C13H19NO3. The van der Waals surface area contributed by atoms with Crippen LogP contribution in [0.4, 0.5) is 5.69 Å². The first-order chi connectivity index (χ1) is 7.78. The first-order valence-electron chi connectivity index (χ1n) is 5.57. The third kappa shape index (κ3) is 4.76. The van der Waals surface area contributed by atoms with Gasteiger partial charge in [0.05, 0.1) is 0 Å². The summed E-state index contributed by atoms with van der Waals surface area (Å²) < 4.78 is 5.18. The molecule has 0 aliphatic carbocycles. The first-order valence-corrected chi connectivity index (χ1v) is 5.57. The molecule has 4 nitrogen and oxygen atoms in total. The van der Waals surface area contributed by atoms with Gasteiger partial charge in [0.25, 0.3) is 0 Å². The quantitative estimate of drug-likeness (QED) is 0.480. The minimum atomic E-state index is -0.477. The largest absolute Gasteiger partial charge is 0.508 e. The van der Waals surface area contributed by atoms with E-state index >= 15 is 0 Å². The molecule has 0 amide bonds. The highest BCUT2D eigenvalue weighted by Gasteiger charge is 2.16. The van der Waals surface area contributed by atoms with Crippen LogP contribution in [0.15, 0.2) is 18.2 Å². The lowest BCUT2D eigenvalue weighted by Crippen LogP contribution is -2.24. The fraction of sp³-hybridized carbons (Fsp3) is 0.462. The van der Waals surface area contributed by atoms with E-state index in [1.807, 2.05) is 20.8 Å². The van der Waals surface area contributed by atoms with Gasteiger partial charge in [-0.2, -0.15) is 0 Å². The number of benzene rings is 1. The van der Waals surface area contributed by atoms with Crippen molar-refractivity contribution in [2.45, 2.75) is 39.2 Å². The molecule has 0 spiro atoms. The average molecular weight is 237 g/mol. The van der Waals surface area contributed by atoms with E-state index in [1.165, 1.54) is 6.07 Å². The number of phenolic OH excluding ortho intramolecular Hbond substituents is 1. The highest BCUT2D eigenvalue weighted by molar-refractivity contribution is 5.70. The Labute approximate surface area is 101 Å². The second kappa shape index (κ2) is 5.08. The van der Waals surface area contributed by atoms with Gasteiger partial charge in [-0.05, 0) is 51.0 Å². The number of nitrogens with two attached hydrogens (primary N) is 1. The highest BCUT2D eigenvalue weighted by Crippen LogP contribution is 2.21. The van der Waals surface area contributed by atoms with Gasteiger partial charge in [0.1, 0.15) is 11.4 Å². The molecule has 94 valence electrons. The zero-order valence-electron chi connectivity index (χ0n) is 10.5. The number of hydrogen-bond acceptors (Lipinski definition) is 4. The van der Waals surface area contributed by atoms with Crippen molar-refractivity contribution < 1.29 is 14.6 Å². The van der Waals surface area contributed by atoms with Crippen LogP contribution in [0.3, 0.4) is 0 Å². The van der Waals surface area contributed by atoms with Gasteiger partial charge in [-0.1, -0.05) is 0 Å². The van der Waals surface area contributed by atoms with Gasteiger partial charge in [-0.15, -0.1) is 0 Å². The van der Waals surface area contributed by atoms with E-state index in [2.05, 4.69) is 0 Å². The Morgan fingerprint density at radius 2 is 2.06 bits per heavy atom. The molecule has 0 bridgehead atoms. The zero-order chi connectivity index (χ0) is 13.1. The molecule has 0 heterocycles. The Bertz CT molecular complexity index is 408. The van der Waals surface area contributed by atoms with E-state index < -0.39 is 5.60 Å². The average Bonchev–Trinajstić information content (AvgIpc) is 2.17. The number of anilines is 1. The summed E-state index contributed by atoms with van der Waals surface area (Å²) in [7, 11) is 0. The first kappa shape index (κ1) is 13.4. The van der Waals surface area contributed by atoms with E-state index in [0.717, 1.165) is 0 Å². The molecule has 0 saturated heterocycles. The lowest BCUT2D eigenvalue weighted by Gasteiger charge is -2.19. The Balaban J connectivity index is 2.56. The maximum atomic E-state index is 11.5. The molecule has 0 saturated carbocycles. The van der Waals surface area contributed by atoms with Gasteiger partial charge >= 0.3 is 5.97 Å². The second-order valence-electron chi connectivity index (χ2n) is 4.97. The Kier molecular flexibility index (Phi) is 3.99. The summed E-state index contributed by atoms with van der Waals surface area (Å²) in [5.74, 6) is -0.123. The van der Waals surface area contributed by atoms with Crippen LogP contribution in [0.25, 0.3) is 0 Å². The predicted molar refractivity (Wildman–Crippen MR) is 66.7 cm³/mol. The minimum absolute atomic E-state index is 0.155. The van der Waals surface area contributed by atoms with Crippen molar-refractivity contribution in [1.29, 1.82) is 0 Å². The van der Waals surface area contributed by atoms with Crippen LogP contribution in [0.5, 0.6) is 5.75 Å². The molecule has 3 N–H and O–H groups in total. The fourth-order valence-corrected chi connectivity index (χ4v) is 1.43. The van der Waals surface area contributed by atoms with Crippen molar-refractivity contribution in [3.63, 3.8) is 0 Å². The number of phenols is 1. The number of rotatable bonds is 3. The predicted octanol–water partition coefficient (Wildman–Crippen LogP) is 2.25. The number of carbonyl (C=O) groups excluding carboxylic acids is 1. The Morgan fingerprint density at radius 3 is 2.65 bits per heavy atom. The fourth-order valence-electron chi connectivity index (χ4n) is 1.43. The number of ether oxygens (including phenoxy) is 1. The van der Waals surface area contributed by atoms with Gasteiger partial charge in [-0.25, -0.2) is 0 Å². The Morgan fingerprint density at radius 1 is 1.41 bits per heavy atom. The van der Waals surface area contributed by atoms with E-state index in [1.54, 1.807) is 12.1 Å². The van der Waals surface area contributed by atoms with Crippen molar-refractivity contribution in [3.05, 3.63) is 23.8 Å². The SMILES string of the molecule is CC(C)(C)OC(=O)CCc1cc(N)ccc1O. The number of hydrogen-bond donors (Lipinski definition) is 2. The van der Waals surface area contributed by atoms with E-state index in [4.69, 9.17) is 10.5 Å². The molecule has 0 atom stereocenters. The number of esters is 1. The standard InChI is InChI=1S/C13H19NO3/c1-13(2,3)17-12(16)7-4-9-8-10(14)5-6-11(9)15/h5-6,8,15H,4,7,14H2,1-3H3. The molecular weight excluding hydrogens is 218 g/mol. The van der Waals surface area contributed by atoms with Crippen molar-refractivity contribution in [1.82, 2.24) is 0 Å². The molecule has 17 heavy (non-hydrogen) atoms. The summed E-state index contributed by atoms with van der Waals surface area (Å²) in [5, 5.41) is 9.57.